The lowest BCUT2D eigenvalue weighted by atomic mass is 9.86. The first kappa shape index (κ1) is 16.6. The molecule has 0 aromatic heterocycles. The van der Waals surface area contributed by atoms with Gasteiger partial charge in [0.15, 0.2) is 5.78 Å². The van der Waals surface area contributed by atoms with Crippen molar-refractivity contribution in [1.82, 2.24) is 0 Å². The van der Waals surface area contributed by atoms with Gasteiger partial charge in [0.05, 0.1) is 5.69 Å². The number of allylic oxidation sites excluding steroid dienone is 8. The highest BCUT2D eigenvalue weighted by atomic mass is 16.1. The largest absolute Gasteiger partial charge is 0.289 e. The number of carbonyl (C=O) groups excluding carboxylic acids is 1. The summed E-state index contributed by atoms with van der Waals surface area (Å²) in [6.45, 7) is 11.6. The van der Waals surface area contributed by atoms with E-state index in [0.717, 1.165) is 28.0 Å². The third-order valence-corrected chi connectivity index (χ3v) is 3.71. The summed E-state index contributed by atoms with van der Waals surface area (Å²) in [7, 11) is 0. The summed E-state index contributed by atoms with van der Waals surface area (Å²) in [6.07, 6.45) is 11.3. The highest BCUT2D eigenvalue weighted by Gasteiger charge is 2.19. The van der Waals surface area contributed by atoms with Crippen LogP contribution in [0.15, 0.2) is 77.9 Å². The van der Waals surface area contributed by atoms with E-state index in [9.17, 15) is 4.79 Å². The zero-order valence-corrected chi connectivity index (χ0v) is 13.7. The number of ketones is 1. The average Bonchev–Trinajstić information content (AvgIpc) is 2.53. The van der Waals surface area contributed by atoms with E-state index in [2.05, 4.69) is 18.2 Å². The van der Waals surface area contributed by atoms with Gasteiger partial charge in [-0.15, -0.1) is 0 Å². The second-order valence-electron chi connectivity index (χ2n) is 5.44. The number of benzene rings is 1. The van der Waals surface area contributed by atoms with Crippen molar-refractivity contribution in [1.29, 1.82) is 0 Å². The summed E-state index contributed by atoms with van der Waals surface area (Å²) in [4.78, 5) is 16.7. The normalized spacial score (nSPS) is 17.3. The molecule has 0 aliphatic heterocycles. The van der Waals surface area contributed by atoms with Gasteiger partial charge in [-0.3, -0.25) is 9.79 Å². The number of nitrogens with zero attached hydrogens (tertiary/aromatic N) is 1. The van der Waals surface area contributed by atoms with Gasteiger partial charge in [-0.1, -0.05) is 49.6 Å². The fourth-order valence-electron chi connectivity index (χ4n) is 2.45. The van der Waals surface area contributed by atoms with Gasteiger partial charge >= 0.3 is 0 Å². The maximum absolute atomic E-state index is 12.3. The Morgan fingerprint density at radius 1 is 1.30 bits per heavy atom. The van der Waals surface area contributed by atoms with Crippen LogP contribution in [0.2, 0.25) is 0 Å². The Balaban J connectivity index is 2.40. The van der Waals surface area contributed by atoms with Crippen LogP contribution in [0.1, 0.15) is 24.5 Å². The van der Waals surface area contributed by atoms with E-state index < -0.39 is 0 Å². The molecule has 0 unspecified atom stereocenters. The van der Waals surface area contributed by atoms with Crippen LogP contribution in [0, 0.1) is 6.92 Å². The Kier molecular flexibility index (Phi) is 5.42. The van der Waals surface area contributed by atoms with E-state index >= 15 is 0 Å². The zero-order valence-electron chi connectivity index (χ0n) is 13.7. The lowest BCUT2D eigenvalue weighted by molar-refractivity contribution is -0.111. The van der Waals surface area contributed by atoms with Crippen LogP contribution < -0.4 is 0 Å². The second kappa shape index (κ2) is 7.50. The molecule has 23 heavy (non-hydrogen) atoms. The highest BCUT2D eigenvalue weighted by molar-refractivity contribution is 6.13. The highest BCUT2D eigenvalue weighted by Crippen LogP contribution is 2.33. The van der Waals surface area contributed by atoms with Crippen molar-refractivity contribution in [3.8, 4) is 0 Å². The van der Waals surface area contributed by atoms with E-state index in [1.165, 1.54) is 0 Å². The molecule has 2 rings (SSSR count). The van der Waals surface area contributed by atoms with Crippen molar-refractivity contribution in [3.05, 3.63) is 84.0 Å². The molecule has 2 heteroatoms. The van der Waals surface area contributed by atoms with Crippen molar-refractivity contribution in [2.45, 2.75) is 20.3 Å². The predicted octanol–water partition coefficient (Wildman–Crippen LogP) is 5.30. The number of carbonyl (C=O) groups is 1. The van der Waals surface area contributed by atoms with Crippen molar-refractivity contribution < 1.29 is 4.79 Å². The van der Waals surface area contributed by atoms with Gasteiger partial charge in [0, 0.05) is 11.8 Å². The smallest absolute Gasteiger partial charge is 0.186 e. The topological polar surface area (TPSA) is 29.4 Å². The van der Waals surface area contributed by atoms with E-state index in [1.54, 1.807) is 18.4 Å². The molecule has 0 heterocycles. The van der Waals surface area contributed by atoms with Gasteiger partial charge in [0.25, 0.3) is 0 Å². The van der Waals surface area contributed by atoms with Crippen molar-refractivity contribution >= 4 is 23.3 Å². The van der Waals surface area contributed by atoms with Crippen LogP contribution in [0.4, 0.5) is 5.69 Å². The quantitative estimate of drug-likeness (QED) is 0.548. The Morgan fingerprint density at radius 3 is 2.74 bits per heavy atom. The summed E-state index contributed by atoms with van der Waals surface area (Å²) in [6, 6.07) is 6.04. The van der Waals surface area contributed by atoms with Crippen LogP contribution >= 0.6 is 0 Å². The third kappa shape index (κ3) is 3.92. The third-order valence-electron chi connectivity index (χ3n) is 3.71. The van der Waals surface area contributed by atoms with Crippen LogP contribution in [0.25, 0.3) is 5.57 Å². The molecule has 1 aromatic carbocycles. The monoisotopic (exact) mass is 303 g/mol. The summed E-state index contributed by atoms with van der Waals surface area (Å²) in [5.41, 5.74) is 5.49. The minimum Gasteiger partial charge on any atom is -0.289 e. The molecule has 0 radical (unpaired) electrons. The Bertz CT molecular complexity index is 773. The fourth-order valence-corrected chi connectivity index (χ4v) is 2.45. The number of aliphatic imine (C=N–C) groups is 1. The van der Waals surface area contributed by atoms with Gasteiger partial charge < -0.3 is 0 Å². The minimum absolute atomic E-state index is 0.00562. The Morgan fingerprint density at radius 2 is 2.09 bits per heavy atom. The molecular formula is C21H21NO. The molecule has 0 spiro atoms. The van der Waals surface area contributed by atoms with Crippen LogP contribution in [-0.4, -0.2) is 12.0 Å². The van der Waals surface area contributed by atoms with Crippen molar-refractivity contribution in [3.63, 3.8) is 0 Å². The number of aryl methyl sites for hydroxylation is 1. The molecule has 0 saturated heterocycles. The first-order valence-corrected chi connectivity index (χ1v) is 7.59. The molecule has 0 atom stereocenters. The van der Waals surface area contributed by atoms with Gasteiger partial charge in [-0.2, -0.15) is 0 Å². The lowest BCUT2D eigenvalue weighted by Gasteiger charge is -2.18. The maximum atomic E-state index is 12.3. The van der Waals surface area contributed by atoms with E-state index in [-0.39, 0.29) is 5.78 Å². The predicted molar refractivity (Wildman–Crippen MR) is 99.2 cm³/mol. The van der Waals surface area contributed by atoms with E-state index in [0.29, 0.717) is 12.0 Å². The molecule has 0 N–H and O–H groups in total. The molecule has 1 aliphatic rings. The van der Waals surface area contributed by atoms with E-state index in [1.807, 2.05) is 50.3 Å². The first-order valence-electron chi connectivity index (χ1n) is 7.59. The van der Waals surface area contributed by atoms with Gasteiger partial charge in [0.1, 0.15) is 0 Å². The molecule has 0 fully saturated rings. The zero-order chi connectivity index (χ0) is 16.8. The molecule has 1 aliphatic carbocycles. The molecule has 0 bridgehead atoms. The molecule has 2 nitrogen and oxygen atoms in total. The SMILES string of the molecule is C=CC=Nc1cc(C2=CC(=O)/C(=C/C=C\C)C(=C)C2)ccc1C. The second-order valence-corrected chi connectivity index (χ2v) is 5.44. The number of hydrogen-bond donors (Lipinski definition) is 0. The summed E-state index contributed by atoms with van der Waals surface area (Å²) in [5.74, 6) is 0.00562. The van der Waals surface area contributed by atoms with Gasteiger partial charge in [-0.05, 0) is 54.7 Å². The standard InChI is InChI=1S/C21H21NO/c1-5-7-8-19-16(4)12-18(14-21(19)23)17-10-9-15(3)20(13-17)22-11-6-2/h5-11,13-14H,2,4,12H2,1,3H3/b7-5-,19-8+,22-11?. The fraction of sp³-hybridized carbons (Fsp3) is 0.143. The van der Waals surface area contributed by atoms with Gasteiger partial charge in [0.2, 0.25) is 0 Å². The summed E-state index contributed by atoms with van der Waals surface area (Å²) < 4.78 is 0. The summed E-state index contributed by atoms with van der Waals surface area (Å²) in [5, 5.41) is 0. The van der Waals surface area contributed by atoms with Crippen LogP contribution in [0.3, 0.4) is 0 Å². The summed E-state index contributed by atoms with van der Waals surface area (Å²) >= 11 is 0. The molecular weight excluding hydrogens is 282 g/mol. The Hall–Kier alpha value is -2.74. The van der Waals surface area contributed by atoms with Crippen LogP contribution in [-0.2, 0) is 4.79 Å². The lowest BCUT2D eigenvalue weighted by Crippen LogP contribution is -2.09. The van der Waals surface area contributed by atoms with E-state index in [4.69, 9.17) is 0 Å². The average molecular weight is 303 g/mol. The first-order chi connectivity index (χ1) is 11.1. The van der Waals surface area contributed by atoms with Crippen molar-refractivity contribution in [2.24, 2.45) is 4.99 Å². The van der Waals surface area contributed by atoms with Gasteiger partial charge in [-0.25, -0.2) is 0 Å². The Labute approximate surface area is 138 Å². The van der Waals surface area contributed by atoms with Crippen LogP contribution in [0.5, 0.6) is 0 Å². The maximum Gasteiger partial charge on any atom is 0.186 e. The molecule has 0 saturated carbocycles. The molecule has 1 aromatic rings. The van der Waals surface area contributed by atoms with Crippen molar-refractivity contribution in [2.75, 3.05) is 0 Å². The number of rotatable bonds is 4. The molecule has 0 amide bonds. The number of hydrogen-bond acceptors (Lipinski definition) is 2. The molecule has 116 valence electrons. The minimum atomic E-state index is 0.00562.